The largest absolute Gasteiger partial charge is 0.326 e. The zero-order valence-corrected chi connectivity index (χ0v) is 12.2. The second-order valence-corrected chi connectivity index (χ2v) is 5.71. The van der Waals surface area contributed by atoms with Crippen LogP contribution >= 0.6 is 15.9 Å². The molecule has 1 amide bonds. The van der Waals surface area contributed by atoms with E-state index in [0.29, 0.717) is 6.42 Å². The molecule has 0 unspecified atom stereocenters. The molecule has 0 atom stereocenters. The first-order valence-corrected chi connectivity index (χ1v) is 7.18. The average Bonchev–Trinajstić information content (AvgIpc) is 2.35. The van der Waals surface area contributed by atoms with Gasteiger partial charge < -0.3 is 5.32 Å². The van der Waals surface area contributed by atoms with Gasteiger partial charge in [-0.3, -0.25) is 4.79 Å². The lowest BCUT2D eigenvalue weighted by molar-refractivity contribution is -0.115. The van der Waals surface area contributed by atoms with Gasteiger partial charge in [-0.25, -0.2) is 0 Å². The molecular formula is C15H18BrNO. The second-order valence-electron chi connectivity index (χ2n) is 4.79. The summed E-state index contributed by atoms with van der Waals surface area (Å²) in [7, 11) is 0. The van der Waals surface area contributed by atoms with Crippen molar-refractivity contribution < 1.29 is 4.79 Å². The van der Waals surface area contributed by atoms with Crippen LogP contribution in [0.25, 0.3) is 0 Å². The number of carbonyl (C=O) groups excluding carboxylic acids is 1. The fourth-order valence-electron chi connectivity index (χ4n) is 2.19. The number of aryl methyl sites for hydroxylation is 1. The maximum atomic E-state index is 12.0. The quantitative estimate of drug-likeness (QED) is 0.813. The van der Waals surface area contributed by atoms with Crippen molar-refractivity contribution in [3.63, 3.8) is 0 Å². The first-order chi connectivity index (χ1) is 8.65. The number of allylic oxidation sites excluding steroid dienone is 1. The Balaban J connectivity index is 1.98. The summed E-state index contributed by atoms with van der Waals surface area (Å²) in [4.78, 5) is 12.0. The molecule has 0 radical (unpaired) electrons. The highest BCUT2D eigenvalue weighted by molar-refractivity contribution is 9.10. The van der Waals surface area contributed by atoms with Gasteiger partial charge in [0.05, 0.1) is 0 Å². The molecule has 18 heavy (non-hydrogen) atoms. The molecule has 1 aliphatic carbocycles. The molecule has 1 N–H and O–H groups in total. The van der Waals surface area contributed by atoms with Crippen molar-refractivity contribution in [1.29, 1.82) is 0 Å². The molecule has 1 aromatic rings. The van der Waals surface area contributed by atoms with Crippen LogP contribution in [-0.4, -0.2) is 5.91 Å². The summed E-state index contributed by atoms with van der Waals surface area (Å²) in [5, 5.41) is 2.99. The highest BCUT2D eigenvalue weighted by atomic mass is 79.9. The third kappa shape index (κ3) is 3.70. The van der Waals surface area contributed by atoms with Crippen LogP contribution in [0.1, 0.15) is 37.7 Å². The summed E-state index contributed by atoms with van der Waals surface area (Å²) in [6.45, 7) is 2.00. The van der Waals surface area contributed by atoms with Gasteiger partial charge in [-0.15, -0.1) is 0 Å². The van der Waals surface area contributed by atoms with Crippen molar-refractivity contribution >= 4 is 27.5 Å². The fraction of sp³-hybridized carbons (Fsp3) is 0.400. The van der Waals surface area contributed by atoms with Gasteiger partial charge in [0.15, 0.2) is 0 Å². The van der Waals surface area contributed by atoms with Crippen LogP contribution in [0, 0.1) is 6.92 Å². The van der Waals surface area contributed by atoms with Crippen LogP contribution in [0.5, 0.6) is 0 Å². The molecule has 96 valence electrons. The number of amides is 1. The molecule has 0 fully saturated rings. The van der Waals surface area contributed by atoms with Gasteiger partial charge in [-0.1, -0.05) is 33.6 Å². The minimum atomic E-state index is 0.0874. The van der Waals surface area contributed by atoms with Gasteiger partial charge in [0.1, 0.15) is 0 Å². The van der Waals surface area contributed by atoms with E-state index in [1.165, 1.54) is 18.4 Å². The van der Waals surface area contributed by atoms with Crippen molar-refractivity contribution in [1.82, 2.24) is 0 Å². The molecule has 0 spiro atoms. The normalized spacial score (nSPS) is 15.1. The number of anilines is 1. The third-order valence-corrected chi connectivity index (χ3v) is 3.74. The number of hydrogen-bond acceptors (Lipinski definition) is 1. The highest BCUT2D eigenvalue weighted by Crippen LogP contribution is 2.23. The lowest BCUT2D eigenvalue weighted by Crippen LogP contribution is -2.13. The first-order valence-electron chi connectivity index (χ1n) is 6.39. The van der Waals surface area contributed by atoms with Crippen molar-refractivity contribution in [2.24, 2.45) is 0 Å². The van der Waals surface area contributed by atoms with Gasteiger partial charge >= 0.3 is 0 Å². The number of benzene rings is 1. The number of rotatable bonds is 3. The summed E-state index contributed by atoms with van der Waals surface area (Å²) < 4.78 is 0.986. The minimum absolute atomic E-state index is 0.0874. The van der Waals surface area contributed by atoms with Crippen LogP contribution in [0.4, 0.5) is 5.69 Å². The number of halogens is 1. The molecule has 0 aromatic heterocycles. The Bertz CT molecular complexity index is 479. The molecule has 2 rings (SSSR count). The molecule has 0 bridgehead atoms. The molecule has 0 saturated carbocycles. The molecule has 3 heteroatoms. The van der Waals surface area contributed by atoms with E-state index in [0.717, 1.165) is 28.6 Å². The van der Waals surface area contributed by atoms with E-state index < -0.39 is 0 Å². The molecule has 0 saturated heterocycles. The summed E-state index contributed by atoms with van der Waals surface area (Å²) in [6, 6.07) is 5.93. The van der Waals surface area contributed by atoms with E-state index in [-0.39, 0.29) is 5.91 Å². The Hall–Kier alpha value is -1.09. The van der Waals surface area contributed by atoms with Crippen molar-refractivity contribution in [3.8, 4) is 0 Å². The summed E-state index contributed by atoms with van der Waals surface area (Å²) >= 11 is 3.42. The second kappa shape index (κ2) is 6.19. The van der Waals surface area contributed by atoms with E-state index in [1.807, 2.05) is 25.1 Å². The standard InChI is InChI=1S/C15H18BrNO/c1-11-7-8-13(16)10-14(11)17-15(18)9-12-5-3-2-4-6-12/h5,7-8,10H,2-4,6,9H2,1H3,(H,17,18). The van der Waals surface area contributed by atoms with E-state index in [1.54, 1.807) is 0 Å². The van der Waals surface area contributed by atoms with E-state index >= 15 is 0 Å². The van der Waals surface area contributed by atoms with Crippen LogP contribution in [-0.2, 0) is 4.79 Å². The van der Waals surface area contributed by atoms with Crippen molar-refractivity contribution in [2.75, 3.05) is 5.32 Å². The predicted octanol–water partition coefficient (Wildman–Crippen LogP) is 4.59. The lowest BCUT2D eigenvalue weighted by Gasteiger charge is -2.13. The van der Waals surface area contributed by atoms with E-state index in [2.05, 4.69) is 27.3 Å². The maximum Gasteiger partial charge on any atom is 0.228 e. The molecule has 0 heterocycles. The maximum absolute atomic E-state index is 12.0. The highest BCUT2D eigenvalue weighted by Gasteiger charge is 2.10. The SMILES string of the molecule is Cc1ccc(Br)cc1NC(=O)CC1=CCCCC1. The topological polar surface area (TPSA) is 29.1 Å². The van der Waals surface area contributed by atoms with Gasteiger partial charge in [-0.2, -0.15) is 0 Å². The van der Waals surface area contributed by atoms with Crippen LogP contribution in [0.3, 0.4) is 0 Å². The third-order valence-electron chi connectivity index (χ3n) is 3.25. The van der Waals surface area contributed by atoms with E-state index in [4.69, 9.17) is 0 Å². The predicted molar refractivity (Wildman–Crippen MR) is 78.7 cm³/mol. The Morgan fingerprint density at radius 3 is 2.94 bits per heavy atom. The molecule has 0 aliphatic heterocycles. The fourth-order valence-corrected chi connectivity index (χ4v) is 2.56. The summed E-state index contributed by atoms with van der Waals surface area (Å²) in [5.74, 6) is 0.0874. The van der Waals surface area contributed by atoms with Gasteiger partial charge in [0, 0.05) is 16.6 Å². The van der Waals surface area contributed by atoms with E-state index in [9.17, 15) is 4.79 Å². The van der Waals surface area contributed by atoms with Crippen LogP contribution in [0.15, 0.2) is 34.3 Å². The minimum Gasteiger partial charge on any atom is -0.326 e. The van der Waals surface area contributed by atoms with Gasteiger partial charge in [0.2, 0.25) is 5.91 Å². The lowest BCUT2D eigenvalue weighted by atomic mass is 9.97. The Kier molecular flexibility index (Phi) is 4.59. The van der Waals surface area contributed by atoms with Gasteiger partial charge in [0.25, 0.3) is 0 Å². The average molecular weight is 308 g/mol. The van der Waals surface area contributed by atoms with Crippen LogP contribution in [0.2, 0.25) is 0 Å². The molecular weight excluding hydrogens is 290 g/mol. The van der Waals surface area contributed by atoms with Crippen molar-refractivity contribution in [2.45, 2.75) is 39.0 Å². The molecule has 2 nitrogen and oxygen atoms in total. The zero-order valence-electron chi connectivity index (χ0n) is 10.6. The number of carbonyl (C=O) groups is 1. The van der Waals surface area contributed by atoms with Gasteiger partial charge in [-0.05, 0) is 50.3 Å². The Labute approximate surface area is 117 Å². The monoisotopic (exact) mass is 307 g/mol. The Morgan fingerprint density at radius 2 is 2.22 bits per heavy atom. The zero-order chi connectivity index (χ0) is 13.0. The molecule has 1 aromatic carbocycles. The summed E-state index contributed by atoms with van der Waals surface area (Å²) in [5.41, 5.74) is 3.27. The smallest absolute Gasteiger partial charge is 0.228 e. The number of hydrogen-bond donors (Lipinski definition) is 1. The first kappa shape index (κ1) is 13.3. The molecule has 1 aliphatic rings. The summed E-state index contributed by atoms with van der Waals surface area (Å²) in [6.07, 6.45) is 7.43. The number of nitrogens with one attached hydrogen (secondary N) is 1. The van der Waals surface area contributed by atoms with Crippen molar-refractivity contribution in [3.05, 3.63) is 39.9 Å². The van der Waals surface area contributed by atoms with Crippen LogP contribution < -0.4 is 5.32 Å². The Morgan fingerprint density at radius 1 is 1.39 bits per heavy atom.